The van der Waals surface area contributed by atoms with Gasteiger partial charge >= 0.3 is 0 Å². The molecule has 0 aliphatic carbocycles. The largest absolute Gasteiger partial charge is 0.0984 e. The summed E-state index contributed by atoms with van der Waals surface area (Å²) in [4.78, 5) is 0. The van der Waals surface area contributed by atoms with E-state index in [2.05, 4.69) is 51.6 Å². The lowest BCUT2D eigenvalue weighted by atomic mass is 9.91. The summed E-state index contributed by atoms with van der Waals surface area (Å²) in [5.74, 6) is 0. The second-order valence-corrected chi connectivity index (χ2v) is 4.72. The van der Waals surface area contributed by atoms with Crippen molar-refractivity contribution in [2.24, 2.45) is 0 Å². The number of benzene rings is 2. The Labute approximate surface area is 104 Å². The van der Waals surface area contributed by atoms with Crippen molar-refractivity contribution in [3.8, 4) is 0 Å². The first-order valence-electron chi connectivity index (χ1n) is 6.33. The van der Waals surface area contributed by atoms with Crippen LogP contribution in [0, 0.1) is 13.8 Å². The van der Waals surface area contributed by atoms with Crippen molar-refractivity contribution in [2.45, 2.75) is 33.6 Å². The van der Waals surface area contributed by atoms with Crippen LogP contribution >= 0.6 is 0 Å². The molecule has 0 aromatic heterocycles. The van der Waals surface area contributed by atoms with Gasteiger partial charge in [-0.25, -0.2) is 0 Å². The molecular weight excluding hydrogens is 204 g/mol. The molecule has 0 unspecified atom stereocenters. The van der Waals surface area contributed by atoms with Crippen LogP contribution in [0.1, 0.15) is 35.6 Å². The first-order chi connectivity index (χ1) is 8.19. The van der Waals surface area contributed by atoms with E-state index in [0.717, 1.165) is 6.42 Å². The van der Waals surface area contributed by atoms with Gasteiger partial charge < -0.3 is 0 Å². The Balaban J connectivity index is 2.85. The Morgan fingerprint density at radius 2 is 1.94 bits per heavy atom. The molecule has 0 heteroatoms. The molecule has 0 amide bonds. The van der Waals surface area contributed by atoms with E-state index in [9.17, 15) is 0 Å². The molecule has 0 radical (unpaired) electrons. The maximum absolute atomic E-state index is 3.98. The van der Waals surface area contributed by atoms with Crippen LogP contribution in [0.4, 0.5) is 0 Å². The van der Waals surface area contributed by atoms with Crippen molar-refractivity contribution in [1.29, 1.82) is 0 Å². The molecule has 0 nitrogen and oxygen atoms in total. The predicted molar refractivity (Wildman–Crippen MR) is 77.5 cm³/mol. The fraction of sp³-hybridized carbons (Fsp3) is 0.294. The molecule has 0 fully saturated rings. The Morgan fingerprint density at radius 1 is 1.18 bits per heavy atom. The summed E-state index contributed by atoms with van der Waals surface area (Å²) in [6.45, 7) is 10.6. The lowest BCUT2D eigenvalue weighted by Gasteiger charge is -2.14. The Bertz CT molecular complexity index is 562. The van der Waals surface area contributed by atoms with E-state index in [0.29, 0.717) is 0 Å². The zero-order valence-electron chi connectivity index (χ0n) is 11.0. The molecule has 0 spiro atoms. The molecule has 0 N–H and O–H groups in total. The van der Waals surface area contributed by atoms with Crippen LogP contribution in [0.25, 0.3) is 16.8 Å². The van der Waals surface area contributed by atoms with E-state index < -0.39 is 0 Å². The van der Waals surface area contributed by atoms with Gasteiger partial charge in [-0.3, -0.25) is 0 Å². The molecule has 0 saturated heterocycles. The molecule has 0 atom stereocenters. The van der Waals surface area contributed by atoms with Crippen LogP contribution in [-0.2, 0) is 6.42 Å². The Morgan fingerprint density at radius 3 is 2.59 bits per heavy atom. The quantitative estimate of drug-likeness (QED) is 0.684. The fourth-order valence-corrected chi connectivity index (χ4v) is 2.72. The van der Waals surface area contributed by atoms with Gasteiger partial charge in [-0.2, -0.15) is 0 Å². The van der Waals surface area contributed by atoms with Crippen molar-refractivity contribution in [2.75, 3.05) is 0 Å². The van der Waals surface area contributed by atoms with Crippen molar-refractivity contribution in [3.63, 3.8) is 0 Å². The number of hydrogen-bond donors (Lipinski definition) is 0. The number of fused-ring (bicyclic) bond motifs is 1. The molecule has 0 bridgehead atoms. The van der Waals surface area contributed by atoms with Crippen LogP contribution in [0.15, 0.2) is 30.8 Å². The van der Waals surface area contributed by atoms with Gasteiger partial charge in [0.05, 0.1) is 0 Å². The third kappa shape index (κ3) is 2.00. The van der Waals surface area contributed by atoms with Gasteiger partial charge in [0.1, 0.15) is 0 Å². The average Bonchev–Trinajstić information content (AvgIpc) is 2.29. The summed E-state index contributed by atoms with van der Waals surface area (Å²) < 4.78 is 0. The lowest BCUT2D eigenvalue weighted by Crippen LogP contribution is -1.94. The van der Waals surface area contributed by atoms with Crippen LogP contribution < -0.4 is 0 Å². The predicted octanol–water partition coefficient (Wildman–Crippen LogP) is 5.05. The standard InChI is InChI=1S/C17H20/c1-5-8-14-11-13(4)17-12(3)9-7-10-16(17)15(14)6-2/h6-7,9-11H,2,5,8H2,1,3-4H3. The lowest BCUT2D eigenvalue weighted by molar-refractivity contribution is 0.920. The van der Waals surface area contributed by atoms with Gasteiger partial charge in [-0.15, -0.1) is 0 Å². The SMILES string of the molecule is C=Cc1c(CCC)cc(C)c2c(C)cccc12. The van der Waals surface area contributed by atoms with Crippen LogP contribution in [0.5, 0.6) is 0 Å². The first-order valence-corrected chi connectivity index (χ1v) is 6.33. The van der Waals surface area contributed by atoms with Gasteiger partial charge in [0.15, 0.2) is 0 Å². The van der Waals surface area contributed by atoms with E-state index in [1.54, 1.807) is 0 Å². The van der Waals surface area contributed by atoms with E-state index in [-0.39, 0.29) is 0 Å². The molecule has 0 saturated carbocycles. The van der Waals surface area contributed by atoms with Gasteiger partial charge in [0.25, 0.3) is 0 Å². The Kier molecular flexibility index (Phi) is 3.33. The maximum Gasteiger partial charge on any atom is -0.0104 e. The van der Waals surface area contributed by atoms with Crippen molar-refractivity contribution in [1.82, 2.24) is 0 Å². The van der Waals surface area contributed by atoms with Crippen LogP contribution in [0.3, 0.4) is 0 Å². The summed E-state index contributed by atoms with van der Waals surface area (Å²) in [5.41, 5.74) is 5.48. The summed E-state index contributed by atoms with van der Waals surface area (Å²) >= 11 is 0. The monoisotopic (exact) mass is 224 g/mol. The van der Waals surface area contributed by atoms with Gasteiger partial charge in [0, 0.05) is 0 Å². The molecule has 0 heterocycles. The summed E-state index contributed by atoms with van der Waals surface area (Å²) in [6, 6.07) is 8.86. The smallest absolute Gasteiger partial charge is 0.0104 e. The van der Waals surface area contributed by atoms with Crippen molar-refractivity contribution < 1.29 is 0 Å². The van der Waals surface area contributed by atoms with Gasteiger partial charge in [-0.05, 0) is 53.3 Å². The van der Waals surface area contributed by atoms with E-state index in [1.165, 1.54) is 39.4 Å². The second kappa shape index (κ2) is 4.75. The summed E-state index contributed by atoms with van der Waals surface area (Å²) in [5, 5.41) is 2.74. The highest BCUT2D eigenvalue weighted by molar-refractivity contribution is 5.96. The van der Waals surface area contributed by atoms with E-state index >= 15 is 0 Å². The first kappa shape index (κ1) is 11.9. The zero-order valence-corrected chi connectivity index (χ0v) is 11.0. The molecule has 2 aromatic rings. The molecule has 17 heavy (non-hydrogen) atoms. The minimum absolute atomic E-state index is 1.13. The minimum Gasteiger partial charge on any atom is -0.0984 e. The number of rotatable bonds is 3. The van der Waals surface area contributed by atoms with Crippen LogP contribution in [0.2, 0.25) is 0 Å². The van der Waals surface area contributed by atoms with Crippen molar-refractivity contribution >= 4 is 16.8 Å². The minimum atomic E-state index is 1.13. The normalized spacial score (nSPS) is 10.8. The second-order valence-electron chi connectivity index (χ2n) is 4.72. The van der Waals surface area contributed by atoms with Crippen molar-refractivity contribution in [3.05, 3.63) is 53.1 Å². The summed E-state index contributed by atoms with van der Waals surface area (Å²) in [6.07, 6.45) is 4.32. The molecular formula is C17H20. The highest BCUT2D eigenvalue weighted by Crippen LogP contribution is 2.30. The molecule has 0 aliphatic heterocycles. The maximum atomic E-state index is 3.98. The van der Waals surface area contributed by atoms with Gasteiger partial charge in [0.2, 0.25) is 0 Å². The van der Waals surface area contributed by atoms with E-state index in [4.69, 9.17) is 0 Å². The molecule has 0 aliphatic rings. The number of hydrogen-bond acceptors (Lipinski definition) is 0. The highest BCUT2D eigenvalue weighted by atomic mass is 14.1. The fourth-order valence-electron chi connectivity index (χ4n) is 2.72. The molecule has 2 aromatic carbocycles. The van der Waals surface area contributed by atoms with Crippen LogP contribution in [-0.4, -0.2) is 0 Å². The van der Waals surface area contributed by atoms with Gasteiger partial charge in [-0.1, -0.05) is 50.3 Å². The zero-order chi connectivity index (χ0) is 12.4. The van der Waals surface area contributed by atoms with E-state index in [1.807, 2.05) is 6.08 Å². The Hall–Kier alpha value is -1.56. The topological polar surface area (TPSA) is 0 Å². The molecule has 2 rings (SSSR count). The third-order valence-electron chi connectivity index (χ3n) is 3.42. The number of aryl methyl sites for hydroxylation is 3. The average molecular weight is 224 g/mol. The summed E-state index contributed by atoms with van der Waals surface area (Å²) in [7, 11) is 0. The highest BCUT2D eigenvalue weighted by Gasteiger charge is 2.08. The molecule has 88 valence electrons. The third-order valence-corrected chi connectivity index (χ3v) is 3.42.